The highest BCUT2D eigenvalue weighted by atomic mass is 35.5. The summed E-state index contributed by atoms with van der Waals surface area (Å²) in [6.45, 7) is 0.557. The fraction of sp³-hybridized carbons (Fsp3) is 0.294. The van der Waals surface area contributed by atoms with Gasteiger partial charge in [-0.05, 0) is 49.2 Å². The van der Waals surface area contributed by atoms with Crippen molar-refractivity contribution in [3.63, 3.8) is 0 Å². The number of hydrogen-bond donors (Lipinski definition) is 1. The average molecular weight is 380 g/mol. The number of halogens is 1. The molecule has 1 aromatic heterocycles. The Labute approximate surface area is 151 Å². The second kappa shape index (κ2) is 7.51. The van der Waals surface area contributed by atoms with E-state index >= 15 is 0 Å². The molecule has 1 aromatic carbocycles. The van der Waals surface area contributed by atoms with Gasteiger partial charge in [0.05, 0.1) is 10.8 Å². The highest BCUT2D eigenvalue weighted by molar-refractivity contribution is 7.89. The van der Waals surface area contributed by atoms with Gasteiger partial charge in [-0.15, -0.1) is 0 Å². The number of carbonyl (C=O) groups excluding carboxylic acids is 1. The number of carbonyl (C=O) groups is 1. The molecule has 6 nitrogen and oxygen atoms in total. The van der Waals surface area contributed by atoms with E-state index in [-0.39, 0.29) is 17.3 Å². The predicted molar refractivity (Wildman–Crippen MR) is 95.8 cm³/mol. The monoisotopic (exact) mass is 379 g/mol. The van der Waals surface area contributed by atoms with Gasteiger partial charge in [0.1, 0.15) is 5.82 Å². The van der Waals surface area contributed by atoms with Gasteiger partial charge in [0.25, 0.3) is 0 Å². The van der Waals surface area contributed by atoms with Crippen molar-refractivity contribution in [1.82, 2.24) is 9.29 Å². The zero-order valence-corrected chi connectivity index (χ0v) is 15.0. The highest BCUT2D eigenvalue weighted by Crippen LogP contribution is 2.25. The van der Waals surface area contributed by atoms with Gasteiger partial charge in [0.15, 0.2) is 0 Å². The lowest BCUT2D eigenvalue weighted by atomic mass is 9.99. The van der Waals surface area contributed by atoms with Gasteiger partial charge in [-0.1, -0.05) is 17.7 Å². The largest absolute Gasteiger partial charge is 0.310 e. The molecule has 1 fully saturated rings. The van der Waals surface area contributed by atoms with Crippen LogP contribution in [0.25, 0.3) is 0 Å². The van der Waals surface area contributed by atoms with E-state index in [0.29, 0.717) is 30.2 Å². The molecular weight excluding hydrogens is 362 g/mol. The van der Waals surface area contributed by atoms with E-state index in [2.05, 4.69) is 10.3 Å². The van der Waals surface area contributed by atoms with Crippen LogP contribution in [-0.2, 0) is 14.8 Å². The molecule has 0 saturated carbocycles. The molecule has 0 bridgehead atoms. The number of aromatic nitrogens is 1. The van der Waals surface area contributed by atoms with Crippen molar-refractivity contribution in [3.8, 4) is 0 Å². The van der Waals surface area contributed by atoms with E-state index in [4.69, 9.17) is 11.6 Å². The van der Waals surface area contributed by atoms with E-state index in [1.165, 1.54) is 16.4 Å². The summed E-state index contributed by atoms with van der Waals surface area (Å²) in [5.74, 6) is -0.155. The van der Waals surface area contributed by atoms with Crippen molar-refractivity contribution in [3.05, 3.63) is 53.7 Å². The molecule has 1 N–H and O–H groups in total. The minimum atomic E-state index is -3.64. The molecule has 132 valence electrons. The Morgan fingerprint density at radius 3 is 2.64 bits per heavy atom. The van der Waals surface area contributed by atoms with Crippen molar-refractivity contribution in [2.45, 2.75) is 17.7 Å². The van der Waals surface area contributed by atoms with E-state index in [9.17, 15) is 13.2 Å². The second-order valence-electron chi connectivity index (χ2n) is 5.86. The van der Waals surface area contributed by atoms with Crippen molar-refractivity contribution in [2.75, 3.05) is 18.4 Å². The number of amides is 1. The number of pyridine rings is 1. The van der Waals surface area contributed by atoms with Crippen LogP contribution < -0.4 is 5.32 Å². The molecule has 0 aliphatic carbocycles. The molecule has 2 heterocycles. The summed E-state index contributed by atoms with van der Waals surface area (Å²) < 4.78 is 26.9. The summed E-state index contributed by atoms with van der Waals surface area (Å²) in [5, 5.41) is 3.22. The van der Waals surface area contributed by atoms with Gasteiger partial charge >= 0.3 is 0 Å². The molecule has 1 atom stereocenters. The van der Waals surface area contributed by atoms with Crippen molar-refractivity contribution >= 4 is 33.3 Å². The van der Waals surface area contributed by atoms with Crippen LogP contribution in [-0.4, -0.2) is 36.7 Å². The number of nitrogens with zero attached hydrogens (tertiary/aromatic N) is 2. The fourth-order valence-electron chi connectivity index (χ4n) is 2.80. The normalized spacial score (nSPS) is 18.7. The molecule has 1 unspecified atom stereocenters. The maximum atomic E-state index is 12.8. The predicted octanol–water partition coefficient (Wildman–Crippen LogP) is 2.77. The number of piperidine rings is 1. The van der Waals surface area contributed by atoms with Gasteiger partial charge in [0, 0.05) is 24.3 Å². The third kappa shape index (κ3) is 4.18. The van der Waals surface area contributed by atoms with Crippen LogP contribution in [0.2, 0.25) is 5.02 Å². The molecule has 1 aliphatic heterocycles. The van der Waals surface area contributed by atoms with Crippen LogP contribution in [0.3, 0.4) is 0 Å². The average Bonchev–Trinajstić information content (AvgIpc) is 2.63. The number of hydrogen-bond acceptors (Lipinski definition) is 4. The van der Waals surface area contributed by atoms with E-state index in [0.717, 1.165) is 0 Å². The van der Waals surface area contributed by atoms with Crippen LogP contribution in [0.1, 0.15) is 12.8 Å². The zero-order valence-electron chi connectivity index (χ0n) is 13.4. The fourth-order valence-corrected chi connectivity index (χ4v) is 4.45. The minimum absolute atomic E-state index is 0.156. The molecule has 1 aliphatic rings. The van der Waals surface area contributed by atoms with E-state index in [1.807, 2.05) is 0 Å². The lowest BCUT2D eigenvalue weighted by molar-refractivity contribution is -0.120. The van der Waals surface area contributed by atoms with Crippen LogP contribution in [0.15, 0.2) is 53.6 Å². The molecular formula is C17H18ClN3O3S. The topological polar surface area (TPSA) is 79.4 Å². The Morgan fingerprint density at radius 2 is 1.96 bits per heavy atom. The molecule has 8 heteroatoms. The summed E-state index contributed by atoms with van der Waals surface area (Å²) >= 11 is 5.82. The van der Waals surface area contributed by atoms with Crippen molar-refractivity contribution < 1.29 is 13.2 Å². The van der Waals surface area contributed by atoms with Gasteiger partial charge < -0.3 is 5.32 Å². The first-order chi connectivity index (χ1) is 12.0. The van der Waals surface area contributed by atoms with Crippen molar-refractivity contribution in [1.29, 1.82) is 0 Å². The number of nitrogens with one attached hydrogen (secondary N) is 1. The first kappa shape index (κ1) is 17.8. The van der Waals surface area contributed by atoms with Crippen molar-refractivity contribution in [2.24, 2.45) is 5.92 Å². The minimum Gasteiger partial charge on any atom is -0.310 e. The van der Waals surface area contributed by atoms with Gasteiger partial charge in [-0.3, -0.25) is 4.79 Å². The van der Waals surface area contributed by atoms with Crippen LogP contribution in [0, 0.1) is 5.92 Å². The lowest BCUT2D eigenvalue weighted by Gasteiger charge is -2.31. The van der Waals surface area contributed by atoms with Crippen LogP contribution in [0.4, 0.5) is 5.82 Å². The zero-order chi connectivity index (χ0) is 17.9. The SMILES string of the molecule is O=C(Nc1ccccn1)C1CCCN(S(=O)(=O)c2ccc(Cl)cc2)C1. The maximum absolute atomic E-state index is 12.8. The lowest BCUT2D eigenvalue weighted by Crippen LogP contribution is -2.43. The summed E-state index contributed by atoms with van der Waals surface area (Å²) in [7, 11) is -3.64. The Morgan fingerprint density at radius 1 is 1.20 bits per heavy atom. The first-order valence-corrected chi connectivity index (χ1v) is 9.76. The van der Waals surface area contributed by atoms with Crippen LogP contribution >= 0.6 is 11.6 Å². The highest BCUT2D eigenvalue weighted by Gasteiger charge is 2.33. The van der Waals surface area contributed by atoms with E-state index in [1.54, 1.807) is 36.5 Å². The number of sulfonamides is 1. The van der Waals surface area contributed by atoms with Gasteiger partial charge in [-0.2, -0.15) is 4.31 Å². The standard InChI is InChI=1S/C17H18ClN3O3S/c18-14-6-8-15(9-7-14)25(23,24)21-11-3-4-13(12-21)17(22)20-16-5-1-2-10-19-16/h1-2,5-10,13H,3-4,11-12H2,(H,19,20,22). The molecule has 2 aromatic rings. The summed E-state index contributed by atoms with van der Waals surface area (Å²) in [6.07, 6.45) is 2.87. The molecule has 1 amide bonds. The molecule has 3 rings (SSSR count). The van der Waals surface area contributed by atoms with Gasteiger partial charge in [0.2, 0.25) is 15.9 Å². The number of anilines is 1. The Kier molecular flexibility index (Phi) is 5.36. The first-order valence-electron chi connectivity index (χ1n) is 7.94. The van der Waals surface area contributed by atoms with Gasteiger partial charge in [-0.25, -0.2) is 13.4 Å². The Bertz CT molecular complexity index is 841. The third-order valence-corrected chi connectivity index (χ3v) is 6.25. The molecule has 0 radical (unpaired) electrons. The summed E-state index contributed by atoms with van der Waals surface area (Å²) in [6, 6.07) is 11.3. The smallest absolute Gasteiger partial charge is 0.243 e. The molecule has 0 spiro atoms. The number of rotatable bonds is 4. The summed E-state index contributed by atoms with van der Waals surface area (Å²) in [4.78, 5) is 16.7. The summed E-state index contributed by atoms with van der Waals surface area (Å²) in [5.41, 5.74) is 0. The Balaban J connectivity index is 1.72. The van der Waals surface area contributed by atoms with Crippen LogP contribution in [0.5, 0.6) is 0 Å². The molecule has 25 heavy (non-hydrogen) atoms. The number of benzene rings is 1. The second-order valence-corrected chi connectivity index (χ2v) is 8.23. The van der Waals surface area contributed by atoms with E-state index < -0.39 is 15.9 Å². The quantitative estimate of drug-likeness (QED) is 0.885. The molecule has 1 saturated heterocycles. The third-order valence-electron chi connectivity index (χ3n) is 4.12. The maximum Gasteiger partial charge on any atom is 0.243 e. The Hall–Kier alpha value is -1.96.